The molecular weight excluding hydrogens is 258 g/mol. The SMILES string of the molecule is CCOC(=O)CCNC(C)C(CC)(CC)C(=O)OCC. The molecule has 0 rings (SSSR count). The van der Waals surface area contributed by atoms with Crippen molar-refractivity contribution in [2.24, 2.45) is 5.41 Å². The third-order valence-corrected chi connectivity index (χ3v) is 3.86. The second kappa shape index (κ2) is 9.75. The average Bonchev–Trinajstić information content (AvgIpc) is 2.41. The minimum Gasteiger partial charge on any atom is -0.466 e. The third kappa shape index (κ3) is 5.12. The highest BCUT2D eigenvalue weighted by atomic mass is 16.5. The summed E-state index contributed by atoms with van der Waals surface area (Å²) >= 11 is 0. The van der Waals surface area contributed by atoms with Crippen LogP contribution in [-0.4, -0.2) is 37.7 Å². The zero-order chi connectivity index (χ0) is 15.6. The Bertz CT molecular complexity index is 300. The van der Waals surface area contributed by atoms with Gasteiger partial charge in [0.05, 0.1) is 25.0 Å². The molecule has 0 fully saturated rings. The quantitative estimate of drug-likeness (QED) is 0.625. The molecule has 0 radical (unpaired) electrons. The second-order valence-corrected chi connectivity index (χ2v) is 4.81. The van der Waals surface area contributed by atoms with Crippen molar-refractivity contribution in [2.75, 3.05) is 19.8 Å². The Balaban J connectivity index is 4.53. The zero-order valence-electron chi connectivity index (χ0n) is 13.5. The lowest BCUT2D eigenvalue weighted by molar-refractivity contribution is -0.157. The van der Waals surface area contributed by atoms with Gasteiger partial charge in [-0.05, 0) is 33.6 Å². The fourth-order valence-corrected chi connectivity index (χ4v) is 2.42. The van der Waals surface area contributed by atoms with Crippen LogP contribution >= 0.6 is 0 Å². The molecule has 5 heteroatoms. The van der Waals surface area contributed by atoms with Crippen molar-refractivity contribution in [3.63, 3.8) is 0 Å². The first-order valence-corrected chi connectivity index (χ1v) is 7.54. The zero-order valence-corrected chi connectivity index (χ0v) is 13.5. The van der Waals surface area contributed by atoms with Crippen LogP contribution < -0.4 is 5.32 Å². The maximum Gasteiger partial charge on any atom is 0.313 e. The molecule has 0 bridgehead atoms. The smallest absolute Gasteiger partial charge is 0.313 e. The molecule has 1 N–H and O–H groups in total. The Hall–Kier alpha value is -1.10. The number of hydrogen-bond acceptors (Lipinski definition) is 5. The third-order valence-electron chi connectivity index (χ3n) is 3.86. The van der Waals surface area contributed by atoms with Gasteiger partial charge >= 0.3 is 11.9 Å². The highest BCUT2D eigenvalue weighted by Crippen LogP contribution is 2.32. The van der Waals surface area contributed by atoms with E-state index in [9.17, 15) is 9.59 Å². The van der Waals surface area contributed by atoms with E-state index in [0.29, 0.717) is 39.0 Å². The first kappa shape index (κ1) is 18.9. The van der Waals surface area contributed by atoms with Crippen LogP contribution in [0.4, 0.5) is 0 Å². The lowest BCUT2D eigenvalue weighted by Gasteiger charge is -2.35. The van der Waals surface area contributed by atoms with Gasteiger partial charge in [0, 0.05) is 12.6 Å². The van der Waals surface area contributed by atoms with Crippen LogP contribution in [0.3, 0.4) is 0 Å². The average molecular weight is 287 g/mol. The first-order chi connectivity index (χ1) is 9.48. The van der Waals surface area contributed by atoms with Crippen molar-refractivity contribution < 1.29 is 19.1 Å². The van der Waals surface area contributed by atoms with Crippen molar-refractivity contribution in [3.8, 4) is 0 Å². The van der Waals surface area contributed by atoms with E-state index in [1.165, 1.54) is 0 Å². The van der Waals surface area contributed by atoms with Gasteiger partial charge in [0.1, 0.15) is 0 Å². The number of hydrogen-bond donors (Lipinski definition) is 1. The molecule has 0 aliphatic carbocycles. The molecule has 118 valence electrons. The fourth-order valence-electron chi connectivity index (χ4n) is 2.42. The van der Waals surface area contributed by atoms with Crippen LogP contribution in [0.1, 0.15) is 53.9 Å². The summed E-state index contributed by atoms with van der Waals surface area (Å²) < 4.78 is 10.1. The highest BCUT2D eigenvalue weighted by Gasteiger charge is 2.41. The summed E-state index contributed by atoms with van der Waals surface area (Å²) in [5.74, 6) is -0.386. The topological polar surface area (TPSA) is 64.6 Å². The van der Waals surface area contributed by atoms with Gasteiger partial charge in [0.2, 0.25) is 0 Å². The summed E-state index contributed by atoms with van der Waals surface area (Å²) in [5.41, 5.74) is -0.537. The van der Waals surface area contributed by atoms with Crippen molar-refractivity contribution in [1.29, 1.82) is 0 Å². The van der Waals surface area contributed by atoms with E-state index < -0.39 is 5.41 Å². The Labute approximate surface area is 122 Å². The molecule has 20 heavy (non-hydrogen) atoms. The molecule has 1 unspecified atom stereocenters. The number of carbonyl (C=O) groups is 2. The summed E-state index contributed by atoms with van der Waals surface area (Å²) in [6.45, 7) is 10.8. The number of carbonyl (C=O) groups excluding carboxylic acids is 2. The van der Waals surface area contributed by atoms with Crippen molar-refractivity contribution in [3.05, 3.63) is 0 Å². The summed E-state index contributed by atoms with van der Waals surface area (Å²) in [7, 11) is 0. The fraction of sp³-hybridized carbons (Fsp3) is 0.867. The molecular formula is C15H29NO4. The van der Waals surface area contributed by atoms with Crippen LogP contribution in [0.2, 0.25) is 0 Å². The van der Waals surface area contributed by atoms with Gasteiger partial charge < -0.3 is 14.8 Å². The van der Waals surface area contributed by atoms with Gasteiger partial charge in [0.15, 0.2) is 0 Å². The van der Waals surface area contributed by atoms with E-state index in [0.717, 1.165) is 0 Å². The lowest BCUT2D eigenvalue weighted by Crippen LogP contribution is -2.49. The second-order valence-electron chi connectivity index (χ2n) is 4.81. The van der Waals surface area contributed by atoms with Crippen molar-refractivity contribution in [1.82, 2.24) is 5.32 Å². The van der Waals surface area contributed by atoms with Gasteiger partial charge in [-0.2, -0.15) is 0 Å². The Kier molecular flexibility index (Phi) is 9.21. The van der Waals surface area contributed by atoms with E-state index >= 15 is 0 Å². The molecule has 1 atom stereocenters. The number of esters is 2. The summed E-state index contributed by atoms with van der Waals surface area (Å²) in [4.78, 5) is 23.5. The molecule has 0 spiro atoms. The Morgan fingerprint density at radius 1 is 1.05 bits per heavy atom. The Morgan fingerprint density at radius 3 is 2.05 bits per heavy atom. The number of nitrogens with one attached hydrogen (secondary N) is 1. The van der Waals surface area contributed by atoms with Gasteiger partial charge in [-0.25, -0.2) is 0 Å². The van der Waals surface area contributed by atoms with Crippen molar-refractivity contribution in [2.45, 2.75) is 59.9 Å². The molecule has 0 aliphatic heterocycles. The number of ether oxygens (including phenoxy) is 2. The molecule has 0 heterocycles. The van der Waals surface area contributed by atoms with Crippen LogP contribution in [-0.2, 0) is 19.1 Å². The van der Waals surface area contributed by atoms with E-state index in [1.54, 1.807) is 6.92 Å². The van der Waals surface area contributed by atoms with Crippen LogP contribution in [0.5, 0.6) is 0 Å². The minimum atomic E-state index is -0.537. The molecule has 0 saturated heterocycles. The van der Waals surface area contributed by atoms with Crippen molar-refractivity contribution >= 4 is 11.9 Å². The minimum absolute atomic E-state index is 0.0500. The maximum absolute atomic E-state index is 12.2. The summed E-state index contributed by atoms with van der Waals surface area (Å²) in [6, 6.07) is -0.0500. The first-order valence-electron chi connectivity index (χ1n) is 7.54. The van der Waals surface area contributed by atoms with Crippen LogP contribution in [0.15, 0.2) is 0 Å². The molecule has 0 aromatic heterocycles. The van der Waals surface area contributed by atoms with Gasteiger partial charge in [-0.1, -0.05) is 13.8 Å². The normalized spacial score (nSPS) is 12.8. The van der Waals surface area contributed by atoms with E-state index in [4.69, 9.17) is 9.47 Å². The highest BCUT2D eigenvalue weighted by molar-refractivity contribution is 5.77. The predicted octanol–water partition coefficient (Wildman–Crippen LogP) is 2.29. The maximum atomic E-state index is 12.2. The lowest BCUT2D eigenvalue weighted by atomic mass is 9.76. The predicted molar refractivity (Wildman–Crippen MR) is 78.4 cm³/mol. The molecule has 0 aromatic carbocycles. The Morgan fingerprint density at radius 2 is 1.60 bits per heavy atom. The van der Waals surface area contributed by atoms with Gasteiger partial charge in [-0.15, -0.1) is 0 Å². The summed E-state index contributed by atoms with van der Waals surface area (Å²) in [5, 5.41) is 3.25. The molecule has 0 amide bonds. The molecule has 0 aliphatic rings. The largest absolute Gasteiger partial charge is 0.466 e. The van der Waals surface area contributed by atoms with E-state index in [1.807, 2.05) is 27.7 Å². The van der Waals surface area contributed by atoms with E-state index in [2.05, 4.69) is 5.32 Å². The van der Waals surface area contributed by atoms with E-state index in [-0.39, 0.29) is 18.0 Å². The van der Waals surface area contributed by atoms with Gasteiger partial charge in [0.25, 0.3) is 0 Å². The summed E-state index contributed by atoms with van der Waals surface area (Å²) in [6.07, 6.45) is 1.72. The van der Waals surface area contributed by atoms with Crippen LogP contribution in [0.25, 0.3) is 0 Å². The van der Waals surface area contributed by atoms with Crippen LogP contribution in [0, 0.1) is 5.41 Å². The number of rotatable bonds is 10. The molecule has 0 aromatic rings. The molecule has 5 nitrogen and oxygen atoms in total. The monoisotopic (exact) mass is 287 g/mol. The molecule has 0 saturated carbocycles. The van der Waals surface area contributed by atoms with Gasteiger partial charge in [-0.3, -0.25) is 9.59 Å². The standard InChI is InChI=1S/C15H29NO4/c1-6-15(7-2,14(18)20-9-4)12(5)16-11-10-13(17)19-8-3/h12,16H,6-11H2,1-5H3.